The van der Waals surface area contributed by atoms with Crippen LogP contribution in [0.25, 0.3) is 0 Å². The van der Waals surface area contributed by atoms with Crippen molar-refractivity contribution in [1.82, 2.24) is 10.2 Å². The Labute approximate surface area is 215 Å². The highest BCUT2D eigenvalue weighted by Crippen LogP contribution is 2.29. The van der Waals surface area contributed by atoms with E-state index in [1.807, 2.05) is 18.2 Å². The van der Waals surface area contributed by atoms with Crippen molar-refractivity contribution in [2.75, 3.05) is 5.75 Å². The lowest BCUT2D eigenvalue weighted by Gasteiger charge is -2.31. The fraction of sp³-hybridized carbons (Fsp3) is 0.440. The summed E-state index contributed by atoms with van der Waals surface area (Å²) >= 11 is 20.3. The molecule has 0 bridgehead atoms. The average Bonchev–Trinajstić information content (AvgIpc) is 2.80. The summed E-state index contributed by atoms with van der Waals surface area (Å²) in [6, 6.07) is 12.3. The Morgan fingerprint density at radius 2 is 1.64 bits per heavy atom. The van der Waals surface area contributed by atoms with E-state index in [0.717, 1.165) is 36.8 Å². The van der Waals surface area contributed by atoms with E-state index in [9.17, 15) is 9.59 Å². The number of carbonyl (C=O) groups is 2. The fourth-order valence-electron chi connectivity index (χ4n) is 3.96. The molecule has 8 heteroatoms. The molecule has 2 amide bonds. The highest BCUT2D eigenvalue weighted by atomic mass is 35.5. The van der Waals surface area contributed by atoms with Crippen LogP contribution in [0.1, 0.15) is 50.2 Å². The van der Waals surface area contributed by atoms with Crippen LogP contribution in [0.15, 0.2) is 42.5 Å². The van der Waals surface area contributed by atoms with Gasteiger partial charge in [0.15, 0.2) is 0 Å². The molecule has 33 heavy (non-hydrogen) atoms. The summed E-state index contributed by atoms with van der Waals surface area (Å²) in [6.45, 7) is 2.05. The Morgan fingerprint density at radius 1 is 1.00 bits per heavy atom. The largest absolute Gasteiger partial charge is 0.352 e. The van der Waals surface area contributed by atoms with E-state index in [1.165, 1.54) is 18.2 Å². The van der Waals surface area contributed by atoms with Gasteiger partial charge in [-0.15, -0.1) is 11.8 Å². The van der Waals surface area contributed by atoms with Crippen molar-refractivity contribution in [2.24, 2.45) is 0 Å². The molecule has 4 nitrogen and oxygen atoms in total. The van der Waals surface area contributed by atoms with Crippen molar-refractivity contribution < 1.29 is 9.59 Å². The number of hydrogen-bond acceptors (Lipinski definition) is 3. The smallest absolute Gasteiger partial charge is 0.242 e. The normalized spacial score (nSPS) is 15.2. The summed E-state index contributed by atoms with van der Waals surface area (Å²) in [5.74, 6) is 0.454. The van der Waals surface area contributed by atoms with Crippen LogP contribution >= 0.6 is 46.6 Å². The molecular weight excluding hydrogens is 499 g/mol. The van der Waals surface area contributed by atoms with Gasteiger partial charge in [-0.3, -0.25) is 9.59 Å². The first-order valence-electron chi connectivity index (χ1n) is 11.2. The molecule has 0 radical (unpaired) electrons. The van der Waals surface area contributed by atoms with Gasteiger partial charge in [-0.2, -0.15) is 0 Å². The molecule has 0 aliphatic heterocycles. The number of rotatable bonds is 9. The lowest BCUT2D eigenvalue weighted by Crippen LogP contribution is -2.50. The molecule has 178 valence electrons. The van der Waals surface area contributed by atoms with E-state index in [0.29, 0.717) is 20.8 Å². The molecule has 0 heterocycles. The van der Waals surface area contributed by atoms with Gasteiger partial charge in [0, 0.05) is 33.4 Å². The van der Waals surface area contributed by atoms with Crippen molar-refractivity contribution in [3.8, 4) is 0 Å². The van der Waals surface area contributed by atoms with E-state index in [4.69, 9.17) is 34.8 Å². The number of benzene rings is 2. The molecule has 2 aromatic rings. The zero-order valence-electron chi connectivity index (χ0n) is 18.7. The lowest BCUT2D eigenvalue weighted by molar-refractivity contribution is -0.139. The molecule has 2 aromatic carbocycles. The van der Waals surface area contributed by atoms with E-state index < -0.39 is 6.04 Å². The zero-order chi connectivity index (χ0) is 23.8. The molecule has 0 aromatic heterocycles. The third-order valence-corrected chi connectivity index (χ3v) is 7.97. The van der Waals surface area contributed by atoms with Crippen molar-refractivity contribution in [2.45, 2.75) is 63.4 Å². The van der Waals surface area contributed by atoms with Crippen LogP contribution in [0.3, 0.4) is 0 Å². The van der Waals surface area contributed by atoms with Gasteiger partial charge in [0.25, 0.3) is 0 Å². The van der Waals surface area contributed by atoms with Crippen molar-refractivity contribution >= 4 is 58.4 Å². The van der Waals surface area contributed by atoms with Crippen LogP contribution in [0.5, 0.6) is 0 Å². The highest BCUT2D eigenvalue weighted by Gasteiger charge is 2.28. The molecule has 1 fully saturated rings. The molecule has 1 atom stereocenters. The molecule has 0 spiro atoms. The molecule has 0 saturated heterocycles. The number of hydrogen-bond donors (Lipinski definition) is 1. The number of nitrogens with zero attached hydrogens (tertiary/aromatic N) is 1. The highest BCUT2D eigenvalue weighted by molar-refractivity contribution is 7.99. The third kappa shape index (κ3) is 7.54. The summed E-state index contributed by atoms with van der Waals surface area (Å²) in [5.41, 5.74) is 1.61. The van der Waals surface area contributed by atoms with Crippen LogP contribution in [-0.4, -0.2) is 34.6 Å². The quantitative estimate of drug-likeness (QED) is 0.392. The van der Waals surface area contributed by atoms with E-state index in [2.05, 4.69) is 5.32 Å². The maximum absolute atomic E-state index is 13.3. The second-order valence-electron chi connectivity index (χ2n) is 8.33. The van der Waals surface area contributed by atoms with Crippen molar-refractivity contribution in [3.63, 3.8) is 0 Å². The van der Waals surface area contributed by atoms with Crippen LogP contribution in [0.2, 0.25) is 15.1 Å². The van der Waals surface area contributed by atoms with Crippen LogP contribution < -0.4 is 5.32 Å². The Bertz CT molecular complexity index is 946. The molecule has 0 unspecified atom stereocenters. The number of carbonyl (C=O) groups excluding carboxylic acids is 2. The summed E-state index contributed by atoms with van der Waals surface area (Å²) < 4.78 is 0. The Hall–Kier alpha value is -1.40. The van der Waals surface area contributed by atoms with Crippen LogP contribution in [-0.2, 0) is 21.9 Å². The van der Waals surface area contributed by atoms with Gasteiger partial charge in [0.2, 0.25) is 11.8 Å². The monoisotopic (exact) mass is 526 g/mol. The third-order valence-electron chi connectivity index (χ3n) is 5.95. The second kappa shape index (κ2) is 12.9. The van der Waals surface area contributed by atoms with Gasteiger partial charge in [0.05, 0.1) is 5.75 Å². The summed E-state index contributed by atoms with van der Waals surface area (Å²) in [5, 5.41) is 4.88. The topological polar surface area (TPSA) is 49.4 Å². The predicted molar refractivity (Wildman–Crippen MR) is 139 cm³/mol. The van der Waals surface area contributed by atoms with Gasteiger partial charge < -0.3 is 10.2 Å². The maximum Gasteiger partial charge on any atom is 0.242 e. The molecule has 3 rings (SSSR count). The molecule has 1 aliphatic carbocycles. The second-order valence-corrected chi connectivity index (χ2v) is 10.5. The van der Waals surface area contributed by atoms with E-state index >= 15 is 0 Å². The van der Waals surface area contributed by atoms with Gasteiger partial charge in [-0.1, -0.05) is 78.3 Å². The number of nitrogens with one attached hydrogen (secondary N) is 1. The van der Waals surface area contributed by atoms with E-state index in [-0.39, 0.29) is 30.2 Å². The molecule has 1 saturated carbocycles. The predicted octanol–water partition coefficient (Wildman–Crippen LogP) is 6.75. The minimum atomic E-state index is -0.611. The summed E-state index contributed by atoms with van der Waals surface area (Å²) in [6.07, 6.45) is 5.45. The molecule has 1 N–H and O–H groups in total. The summed E-state index contributed by atoms with van der Waals surface area (Å²) in [7, 11) is 0. The first-order valence-corrected chi connectivity index (χ1v) is 13.5. The van der Waals surface area contributed by atoms with Crippen molar-refractivity contribution in [3.05, 3.63) is 68.7 Å². The standard InChI is InChI=1S/C25H29Cl3N2O2S/c1-17(25(32)29-19-9-3-2-4-10-19)30(14-18-8-5-6-11-21(18)26)24(31)16-33-15-20-22(27)12-7-13-23(20)28/h5-8,11-13,17,19H,2-4,9-10,14-16H2,1H3,(H,29,32)/t17-/m0/s1. The Kier molecular flexibility index (Phi) is 10.2. The Morgan fingerprint density at radius 3 is 2.30 bits per heavy atom. The van der Waals surface area contributed by atoms with Crippen molar-refractivity contribution in [1.29, 1.82) is 0 Å². The number of halogens is 3. The number of amides is 2. The fourth-order valence-corrected chi connectivity index (χ4v) is 5.80. The lowest BCUT2D eigenvalue weighted by atomic mass is 9.95. The first-order chi connectivity index (χ1) is 15.9. The Balaban J connectivity index is 1.69. The first kappa shape index (κ1) is 26.2. The minimum absolute atomic E-state index is 0.124. The minimum Gasteiger partial charge on any atom is -0.352 e. The molecule has 1 aliphatic rings. The van der Waals surface area contributed by atoms with Crippen LogP contribution in [0, 0.1) is 0 Å². The average molecular weight is 528 g/mol. The van der Waals surface area contributed by atoms with Crippen LogP contribution in [0.4, 0.5) is 0 Å². The molecular formula is C25H29Cl3N2O2S. The maximum atomic E-state index is 13.3. The van der Waals surface area contributed by atoms with Gasteiger partial charge in [0.1, 0.15) is 6.04 Å². The van der Waals surface area contributed by atoms with Gasteiger partial charge >= 0.3 is 0 Å². The SMILES string of the molecule is C[C@@H](C(=O)NC1CCCCC1)N(Cc1ccccc1Cl)C(=O)CSCc1c(Cl)cccc1Cl. The van der Waals surface area contributed by atoms with E-state index in [1.54, 1.807) is 36.1 Å². The summed E-state index contributed by atoms with van der Waals surface area (Å²) in [4.78, 5) is 27.9. The zero-order valence-corrected chi connectivity index (χ0v) is 21.7. The van der Waals surface area contributed by atoms with Gasteiger partial charge in [-0.25, -0.2) is 0 Å². The number of thioether (sulfide) groups is 1. The van der Waals surface area contributed by atoms with Gasteiger partial charge in [-0.05, 0) is 49.1 Å².